The van der Waals surface area contributed by atoms with Gasteiger partial charge in [0.25, 0.3) is 0 Å². The number of unbranched alkanes of at least 4 members (excludes halogenated alkanes) is 1. The first-order valence-corrected chi connectivity index (χ1v) is 7.22. The summed E-state index contributed by atoms with van der Waals surface area (Å²) in [6.45, 7) is 4.75. The third-order valence-corrected chi connectivity index (χ3v) is 3.22. The molecule has 0 fully saturated rings. The maximum atomic E-state index is 5.42. The van der Waals surface area contributed by atoms with Crippen LogP contribution < -0.4 is 10.2 Å². The van der Waals surface area contributed by atoms with E-state index in [0.717, 1.165) is 31.1 Å². The number of benzene rings is 1. The Balaban J connectivity index is 2.06. The van der Waals surface area contributed by atoms with E-state index < -0.39 is 0 Å². The molecule has 4 heteroatoms. The maximum absolute atomic E-state index is 5.42. The van der Waals surface area contributed by atoms with Crippen LogP contribution in [0.5, 0.6) is 0 Å². The summed E-state index contributed by atoms with van der Waals surface area (Å²) in [5, 5.41) is 7.15. The molecule has 1 aromatic carbocycles. The molecular weight excluding hydrogens is 250 g/mol. The van der Waals surface area contributed by atoms with Gasteiger partial charge in [-0.2, -0.15) is 0 Å². The van der Waals surface area contributed by atoms with Crippen molar-refractivity contribution in [1.82, 2.24) is 10.5 Å². The predicted molar refractivity (Wildman–Crippen MR) is 81.7 cm³/mol. The van der Waals surface area contributed by atoms with Gasteiger partial charge in [0.05, 0.1) is 12.2 Å². The highest BCUT2D eigenvalue weighted by Crippen LogP contribution is 2.18. The van der Waals surface area contributed by atoms with Crippen molar-refractivity contribution in [3.05, 3.63) is 47.9 Å². The van der Waals surface area contributed by atoms with Gasteiger partial charge in [-0.3, -0.25) is 0 Å². The molecule has 2 rings (SSSR count). The Hall–Kier alpha value is -1.81. The molecule has 1 aromatic heterocycles. The van der Waals surface area contributed by atoms with E-state index in [2.05, 4.69) is 46.6 Å². The number of aromatic nitrogens is 1. The lowest BCUT2D eigenvalue weighted by Crippen LogP contribution is -2.23. The van der Waals surface area contributed by atoms with Crippen molar-refractivity contribution < 1.29 is 4.52 Å². The normalized spacial score (nSPS) is 10.7. The molecule has 0 unspecified atom stereocenters. The molecule has 1 N–H and O–H groups in total. The Labute approximate surface area is 120 Å². The molecule has 0 aliphatic carbocycles. The van der Waals surface area contributed by atoms with Crippen LogP contribution >= 0.6 is 0 Å². The number of para-hydroxylation sites is 1. The fourth-order valence-electron chi connectivity index (χ4n) is 2.17. The molecular formula is C16H23N3O. The number of nitrogens with zero attached hydrogens (tertiary/aromatic N) is 2. The van der Waals surface area contributed by atoms with Crippen LogP contribution in [0.4, 0.5) is 5.69 Å². The van der Waals surface area contributed by atoms with Crippen molar-refractivity contribution in [2.75, 3.05) is 18.5 Å². The number of hydrogen-bond donors (Lipinski definition) is 1. The fraction of sp³-hybridized carbons (Fsp3) is 0.438. The van der Waals surface area contributed by atoms with Crippen LogP contribution in [0.3, 0.4) is 0 Å². The van der Waals surface area contributed by atoms with E-state index in [1.54, 1.807) is 0 Å². The van der Waals surface area contributed by atoms with Crippen molar-refractivity contribution in [1.29, 1.82) is 0 Å². The highest BCUT2D eigenvalue weighted by Gasteiger charge is 2.10. The molecule has 0 spiro atoms. The zero-order valence-electron chi connectivity index (χ0n) is 12.3. The van der Waals surface area contributed by atoms with Crippen LogP contribution in [0.25, 0.3) is 0 Å². The SMILES string of the molecule is CCCCN(Cc1cc(CNC)no1)c1ccccc1. The van der Waals surface area contributed by atoms with Gasteiger partial charge in [-0.05, 0) is 25.6 Å². The largest absolute Gasteiger partial charge is 0.364 e. The lowest BCUT2D eigenvalue weighted by atomic mass is 10.2. The Kier molecular flexibility index (Phi) is 5.62. The maximum Gasteiger partial charge on any atom is 0.156 e. The minimum Gasteiger partial charge on any atom is -0.364 e. The van der Waals surface area contributed by atoms with Gasteiger partial charge in [0, 0.05) is 24.8 Å². The van der Waals surface area contributed by atoms with Gasteiger partial charge in [0.15, 0.2) is 5.76 Å². The highest BCUT2D eigenvalue weighted by atomic mass is 16.5. The third kappa shape index (κ3) is 4.10. The molecule has 0 amide bonds. The Morgan fingerprint density at radius 1 is 1.25 bits per heavy atom. The molecule has 2 aromatic rings. The fourth-order valence-corrected chi connectivity index (χ4v) is 2.17. The van der Waals surface area contributed by atoms with Gasteiger partial charge in [0.1, 0.15) is 0 Å². The van der Waals surface area contributed by atoms with Crippen molar-refractivity contribution >= 4 is 5.69 Å². The minimum atomic E-state index is 0.740. The van der Waals surface area contributed by atoms with E-state index in [1.807, 2.05) is 19.2 Å². The summed E-state index contributed by atoms with van der Waals surface area (Å²) in [7, 11) is 1.91. The van der Waals surface area contributed by atoms with Crippen LogP contribution in [0.2, 0.25) is 0 Å². The van der Waals surface area contributed by atoms with Crippen molar-refractivity contribution in [2.45, 2.75) is 32.9 Å². The summed E-state index contributed by atoms with van der Waals surface area (Å²) in [5.41, 5.74) is 2.18. The zero-order chi connectivity index (χ0) is 14.2. The number of hydrogen-bond acceptors (Lipinski definition) is 4. The van der Waals surface area contributed by atoms with Crippen LogP contribution in [0, 0.1) is 0 Å². The second-order valence-corrected chi connectivity index (χ2v) is 4.93. The van der Waals surface area contributed by atoms with Gasteiger partial charge in [-0.15, -0.1) is 0 Å². The monoisotopic (exact) mass is 273 g/mol. The van der Waals surface area contributed by atoms with Crippen LogP contribution in [-0.2, 0) is 13.1 Å². The van der Waals surface area contributed by atoms with E-state index in [1.165, 1.54) is 18.5 Å². The standard InChI is InChI=1S/C16H23N3O/c1-3-4-10-19(15-8-6-5-7-9-15)13-16-11-14(12-17-2)18-20-16/h5-9,11,17H,3-4,10,12-13H2,1-2H3. The van der Waals surface area contributed by atoms with Gasteiger partial charge in [0.2, 0.25) is 0 Å². The smallest absolute Gasteiger partial charge is 0.156 e. The topological polar surface area (TPSA) is 41.3 Å². The third-order valence-electron chi connectivity index (χ3n) is 3.22. The van der Waals surface area contributed by atoms with E-state index in [0.29, 0.717) is 0 Å². The number of nitrogens with one attached hydrogen (secondary N) is 1. The average molecular weight is 273 g/mol. The zero-order valence-corrected chi connectivity index (χ0v) is 12.3. The van der Waals surface area contributed by atoms with Gasteiger partial charge >= 0.3 is 0 Å². The molecule has 0 radical (unpaired) electrons. The predicted octanol–water partition coefficient (Wildman–Crippen LogP) is 3.20. The first-order valence-electron chi connectivity index (χ1n) is 7.22. The number of anilines is 1. The summed E-state index contributed by atoms with van der Waals surface area (Å²) in [6, 6.07) is 12.5. The highest BCUT2D eigenvalue weighted by molar-refractivity contribution is 5.46. The summed E-state index contributed by atoms with van der Waals surface area (Å²) in [4.78, 5) is 2.34. The molecule has 108 valence electrons. The Morgan fingerprint density at radius 3 is 2.75 bits per heavy atom. The first-order chi connectivity index (χ1) is 9.83. The average Bonchev–Trinajstić information content (AvgIpc) is 2.92. The van der Waals surface area contributed by atoms with E-state index in [-0.39, 0.29) is 0 Å². The minimum absolute atomic E-state index is 0.740. The van der Waals surface area contributed by atoms with Crippen molar-refractivity contribution in [3.8, 4) is 0 Å². The van der Waals surface area contributed by atoms with Crippen LogP contribution in [-0.4, -0.2) is 18.7 Å². The van der Waals surface area contributed by atoms with Crippen LogP contribution in [0.1, 0.15) is 31.2 Å². The van der Waals surface area contributed by atoms with Crippen molar-refractivity contribution in [3.63, 3.8) is 0 Å². The number of rotatable bonds is 8. The summed E-state index contributed by atoms with van der Waals surface area (Å²) >= 11 is 0. The molecule has 0 atom stereocenters. The second kappa shape index (κ2) is 7.70. The molecule has 0 aliphatic heterocycles. The molecule has 0 aliphatic rings. The Bertz CT molecular complexity index is 495. The lowest BCUT2D eigenvalue weighted by molar-refractivity contribution is 0.373. The molecule has 1 heterocycles. The molecule has 0 saturated carbocycles. The lowest BCUT2D eigenvalue weighted by Gasteiger charge is -2.23. The van der Waals surface area contributed by atoms with E-state index >= 15 is 0 Å². The molecule has 0 bridgehead atoms. The van der Waals surface area contributed by atoms with Gasteiger partial charge in [-0.25, -0.2) is 0 Å². The second-order valence-electron chi connectivity index (χ2n) is 4.93. The van der Waals surface area contributed by atoms with Gasteiger partial charge in [-0.1, -0.05) is 36.7 Å². The van der Waals surface area contributed by atoms with Crippen molar-refractivity contribution in [2.24, 2.45) is 0 Å². The van der Waals surface area contributed by atoms with Crippen LogP contribution in [0.15, 0.2) is 40.9 Å². The molecule has 20 heavy (non-hydrogen) atoms. The van der Waals surface area contributed by atoms with E-state index in [9.17, 15) is 0 Å². The first kappa shape index (κ1) is 14.6. The summed E-state index contributed by atoms with van der Waals surface area (Å²) in [5.74, 6) is 0.912. The van der Waals surface area contributed by atoms with Gasteiger partial charge < -0.3 is 14.7 Å². The summed E-state index contributed by atoms with van der Waals surface area (Å²) < 4.78 is 5.42. The van der Waals surface area contributed by atoms with E-state index in [4.69, 9.17) is 4.52 Å². The molecule has 0 saturated heterocycles. The summed E-state index contributed by atoms with van der Waals surface area (Å²) in [6.07, 6.45) is 2.36. The quantitative estimate of drug-likeness (QED) is 0.802. The molecule has 4 nitrogen and oxygen atoms in total. The Morgan fingerprint density at radius 2 is 2.05 bits per heavy atom.